The molecule has 0 bridgehead atoms. The lowest BCUT2D eigenvalue weighted by Gasteiger charge is -2.14. The van der Waals surface area contributed by atoms with Gasteiger partial charge >= 0.3 is 0 Å². The molecule has 0 fully saturated rings. The molecule has 1 aromatic carbocycles. The van der Waals surface area contributed by atoms with E-state index in [0.717, 1.165) is 23.4 Å². The second-order valence-corrected chi connectivity index (χ2v) is 5.06. The minimum atomic E-state index is 0.311. The van der Waals surface area contributed by atoms with Crippen LogP contribution in [0.5, 0.6) is 0 Å². The summed E-state index contributed by atoms with van der Waals surface area (Å²) in [6.45, 7) is 4.92. The molecule has 3 aromatic rings. The number of hydrogen-bond donors (Lipinski definition) is 1. The average molecular weight is 266 g/mol. The van der Waals surface area contributed by atoms with Gasteiger partial charge in [-0.3, -0.25) is 0 Å². The number of nitrogens with one attached hydrogen (secondary N) is 1. The van der Waals surface area contributed by atoms with Crippen LogP contribution in [0.3, 0.4) is 0 Å². The Balaban J connectivity index is 1.70. The molecule has 1 atom stereocenters. The summed E-state index contributed by atoms with van der Waals surface area (Å²) in [6, 6.07) is 12.7. The zero-order valence-electron chi connectivity index (χ0n) is 11.7. The highest BCUT2D eigenvalue weighted by atomic mass is 15.2. The number of hydrogen-bond acceptors (Lipinski definition) is 3. The maximum atomic E-state index is 4.41. The molecule has 1 N–H and O–H groups in total. The molecule has 0 saturated heterocycles. The third-order valence-corrected chi connectivity index (χ3v) is 3.40. The van der Waals surface area contributed by atoms with Crippen LogP contribution < -0.4 is 5.32 Å². The predicted octanol–water partition coefficient (Wildman–Crippen LogP) is 2.89. The van der Waals surface area contributed by atoms with Crippen LogP contribution in [0.15, 0.2) is 48.8 Å². The predicted molar refractivity (Wildman–Crippen MR) is 79.4 cm³/mol. The highest BCUT2D eigenvalue weighted by molar-refractivity contribution is 5.38. The van der Waals surface area contributed by atoms with Crippen molar-refractivity contribution < 1.29 is 0 Å². The van der Waals surface area contributed by atoms with Crippen LogP contribution in [-0.4, -0.2) is 14.6 Å². The second-order valence-electron chi connectivity index (χ2n) is 5.06. The number of benzene rings is 1. The fraction of sp³-hybridized carbons (Fsp3) is 0.250. The lowest BCUT2D eigenvalue weighted by molar-refractivity contribution is 0.572. The minimum Gasteiger partial charge on any atom is -0.306 e. The summed E-state index contributed by atoms with van der Waals surface area (Å²) in [5.41, 5.74) is 4.29. The molecular formula is C16H18N4. The van der Waals surface area contributed by atoms with Crippen LogP contribution in [0.25, 0.3) is 5.65 Å². The first-order valence-electron chi connectivity index (χ1n) is 6.81. The molecule has 0 unspecified atom stereocenters. The summed E-state index contributed by atoms with van der Waals surface area (Å²) in [4.78, 5) is 4.41. The van der Waals surface area contributed by atoms with Crippen molar-refractivity contribution in [1.29, 1.82) is 0 Å². The van der Waals surface area contributed by atoms with Gasteiger partial charge in [0, 0.05) is 36.6 Å². The molecule has 20 heavy (non-hydrogen) atoms. The van der Waals surface area contributed by atoms with Crippen LogP contribution in [0.1, 0.15) is 29.8 Å². The molecule has 0 aliphatic rings. The molecular weight excluding hydrogens is 248 g/mol. The van der Waals surface area contributed by atoms with Crippen molar-refractivity contribution >= 4 is 5.65 Å². The van der Waals surface area contributed by atoms with Crippen LogP contribution in [0.4, 0.5) is 0 Å². The quantitative estimate of drug-likeness (QED) is 0.789. The van der Waals surface area contributed by atoms with Gasteiger partial charge in [0.15, 0.2) is 5.65 Å². The van der Waals surface area contributed by atoms with Crippen LogP contribution >= 0.6 is 0 Å². The number of rotatable bonds is 4. The van der Waals surface area contributed by atoms with E-state index >= 15 is 0 Å². The topological polar surface area (TPSA) is 42.2 Å². The van der Waals surface area contributed by atoms with Gasteiger partial charge in [-0.05, 0) is 19.4 Å². The Hall–Kier alpha value is -2.20. The highest BCUT2D eigenvalue weighted by Gasteiger charge is 2.05. The number of fused-ring (bicyclic) bond motifs is 1. The highest BCUT2D eigenvalue weighted by Crippen LogP contribution is 2.12. The van der Waals surface area contributed by atoms with Crippen LogP contribution in [0, 0.1) is 6.92 Å². The molecule has 102 valence electrons. The first-order chi connectivity index (χ1) is 9.72. The summed E-state index contributed by atoms with van der Waals surface area (Å²) >= 11 is 0. The standard InChI is InChI=1S/C16H18N4/c1-12-8-16-18-10-14(11-20(16)19-12)9-17-13(2)15-6-4-3-5-7-15/h3-8,10-11,13,17H,9H2,1-2H3/t13-/m1/s1. The van der Waals surface area contributed by atoms with Gasteiger partial charge in [-0.25, -0.2) is 9.50 Å². The zero-order chi connectivity index (χ0) is 13.9. The first kappa shape index (κ1) is 12.8. The Morgan fingerprint density at radius 3 is 2.85 bits per heavy atom. The van der Waals surface area contributed by atoms with Crippen LogP contribution in [-0.2, 0) is 6.54 Å². The van der Waals surface area contributed by atoms with Crippen molar-refractivity contribution in [2.75, 3.05) is 0 Å². The van der Waals surface area contributed by atoms with E-state index in [4.69, 9.17) is 0 Å². The van der Waals surface area contributed by atoms with E-state index in [1.807, 2.05) is 36.0 Å². The SMILES string of the molecule is Cc1cc2ncc(CN[C@H](C)c3ccccc3)cn2n1. The van der Waals surface area contributed by atoms with E-state index < -0.39 is 0 Å². The molecule has 0 spiro atoms. The van der Waals surface area contributed by atoms with Gasteiger partial charge in [-0.15, -0.1) is 0 Å². The molecule has 2 aromatic heterocycles. The maximum Gasteiger partial charge on any atom is 0.155 e. The van der Waals surface area contributed by atoms with E-state index in [2.05, 4.69) is 46.6 Å². The van der Waals surface area contributed by atoms with Gasteiger partial charge in [0.2, 0.25) is 0 Å². The third kappa shape index (κ3) is 2.70. The molecule has 0 aliphatic carbocycles. The summed E-state index contributed by atoms with van der Waals surface area (Å²) in [6.07, 6.45) is 3.93. The summed E-state index contributed by atoms with van der Waals surface area (Å²) in [5, 5.41) is 7.89. The average Bonchev–Trinajstić information content (AvgIpc) is 2.85. The van der Waals surface area contributed by atoms with Crippen molar-refractivity contribution in [3.05, 3.63) is 65.6 Å². The zero-order valence-corrected chi connectivity index (χ0v) is 11.7. The molecule has 4 nitrogen and oxygen atoms in total. The third-order valence-electron chi connectivity index (χ3n) is 3.40. The van der Waals surface area contributed by atoms with E-state index in [-0.39, 0.29) is 0 Å². The smallest absolute Gasteiger partial charge is 0.155 e. The normalized spacial score (nSPS) is 12.7. The largest absolute Gasteiger partial charge is 0.306 e. The molecule has 3 rings (SSSR count). The summed E-state index contributed by atoms with van der Waals surface area (Å²) in [7, 11) is 0. The first-order valence-corrected chi connectivity index (χ1v) is 6.81. The monoisotopic (exact) mass is 266 g/mol. The minimum absolute atomic E-state index is 0.311. The van der Waals surface area contributed by atoms with E-state index in [1.165, 1.54) is 5.56 Å². The number of aryl methyl sites for hydroxylation is 1. The van der Waals surface area contributed by atoms with Crippen LogP contribution in [0.2, 0.25) is 0 Å². The molecule has 4 heteroatoms. The van der Waals surface area contributed by atoms with Gasteiger partial charge in [0.25, 0.3) is 0 Å². The molecule has 0 radical (unpaired) electrons. The fourth-order valence-corrected chi connectivity index (χ4v) is 2.26. The van der Waals surface area contributed by atoms with Gasteiger partial charge in [-0.1, -0.05) is 30.3 Å². The summed E-state index contributed by atoms with van der Waals surface area (Å²) in [5.74, 6) is 0. The Morgan fingerprint density at radius 2 is 2.05 bits per heavy atom. The van der Waals surface area contributed by atoms with Crippen molar-refractivity contribution in [1.82, 2.24) is 19.9 Å². The van der Waals surface area contributed by atoms with Crippen molar-refractivity contribution in [3.8, 4) is 0 Å². The van der Waals surface area contributed by atoms with Gasteiger partial charge in [0.05, 0.1) is 5.69 Å². The molecule has 0 amide bonds. The number of aromatic nitrogens is 3. The van der Waals surface area contributed by atoms with Crippen molar-refractivity contribution in [2.24, 2.45) is 0 Å². The van der Waals surface area contributed by atoms with E-state index in [1.54, 1.807) is 0 Å². The second kappa shape index (κ2) is 5.43. The molecule has 0 saturated carbocycles. The van der Waals surface area contributed by atoms with Gasteiger partial charge in [-0.2, -0.15) is 5.10 Å². The summed E-state index contributed by atoms with van der Waals surface area (Å²) < 4.78 is 1.83. The number of nitrogens with zero attached hydrogens (tertiary/aromatic N) is 3. The Labute approximate surface area is 118 Å². The van der Waals surface area contributed by atoms with E-state index in [9.17, 15) is 0 Å². The Bertz CT molecular complexity index is 703. The lowest BCUT2D eigenvalue weighted by atomic mass is 10.1. The maximum absolute atomic E-state index is 4.41. The molecule has 0 aliphatic heterocycles. The van der Waals surface area contributed by atoms with Gasteiger partial charge in [0.1, 0.15) is 0 Å². The Kier molecular flexibility index (Phi) is 3.48. The Morgan fingerprint density at radius 1 is 1.25 bits per heavy atom. The lowest BCUT2D eigenvalue weighted by Crippen LogP contribution is -2.18. The van der Waals surface area contributed by atoms with Crippen molar-refractivity contribution in [2.45, 2.75) is 26.4 Å². The van der Waals surface area contributed by atoms with Gasteiger partial charge < -0.3 is 5.32 Å². The van der Waals surface area contributed by atoms with E-state index in [0.29, 0.717) is 6.04 Å². The van der Waals surface area contributed by atoms with Crippen molar-refractivity contribution in [3.63, 3.8) is 0 Å². The molecule has 2 heterocycles. The fourth-order valence-electron chi connectivity index (χ4n) is 2.26.